The molecule has 0 aromatic heterocycles. The van der Waals surface area contributed by atoms with Crippen LogP contribution in [0.4, 0.5) is 0 Å². The molecular weight excluding hydrogens is 228 g/mol. The summed E-state index contributed by atoms with van der Waals surface area (Å²) in [6, 6.07) is 16.8. The summed E-state index contributed by atoms with van der Waals surface area (Å²) in [7, 11) is 0. The molecule has 0 heteroatoms. The third-order valence-corrected chi connectivity index (χ3v) is 2.62. The van der Waals surface area contributed by atoms with Crippen molar-refractivity contribution in [3.8, 4) is 11.1 Å². The molecular formula is C19H26. The van der Waals surface area contributed by atoms with Crippen LogP contribution in [0.3, 0.4) is 0 Å². The summed E-state index contributed by atoms with van der Waals surface area (Å²) in [6.45, 7) is 14.0. The molecule has 0 heterocycles. The molecule has 0 saturated carbocycles. The van der Waals surface area contributed by atoms with E-state index in [4.69, 9.17) is 0 Å². The highest BCUT2D eigenvalue weighted by atomic mass is 14.1. The fourth-order valence-electron chi connectivity index (χ4n) is 1.80. The van der Waals surface area contributed by atoms with Crippen molar-refractivity contribution in [3.05, 3.63) is 66.2 Å². The maximum Gasteiger partial charge on any atom is -0.0109 e. The summed E-state index contributed by atoms with van der Waals surface area (Å²) >= 11 is 0. The smallest absolute Gasteiger partial charge is 0.0109 e. The molecule has 2 aromatic carbocycles. The highest BCUT2D eigenvalue weighted by Gasteiger charge is 2.03. The molecule has 0 aliphatic carbocycles. The second-order valence-electron chi connectivity index (χ2n) is 3.61. The van der Waals surface area contributed by atoms with Gasteiger partial charge in [-0.3, -0.25) is 0 Å². The Kier molecular flexibility index (Phi) is 9.16. The molecule has 102 valence electrons. The Labute approximate surface area is 118 Å². The van der Waals surface area contributed by atoms with Gasteiger partial charge < -0.3 is 0 Å². The van der Waals surface area contributed by atoms with Crippen LogP contribution < -0.4 is 0 Å². The van der Waals surface area contributed by atoms with Crippen LogP contribution in [0.2, 0.25) is 0 Å². The van der Waals surface area contributed by atoms with Gasteiger partial charge in [-0.25, -0.2) is 0 Å². The van der Waals surface area contributed by atoms with Gasteiger partial charge in [0.15, 0.2) is 0 Å². The van der Waals surface area contributed by atoms with Crippen LogP contribution >= 0.6 is 0 Å². The minimum Gasteiger partial charge on any atom is -0.0984 e. The van der Waals surface area contributed by atoms with Crippen molar-refractivity contribution < 1.29 is 0 Å². The van der Waals surface area contributed by atoms with Crippen molar-refractivity contribution in [2.24, 2.45) is 0 Å². The van der Waals surface area contributed by atoms with Crippen LogP contribution in [0.1, 0.15) is 38.8 Å². The quantitative estimate of drug-likeness (QED) is 0.585. The molecule has 0 amide bonds. The van der Waals surface area contributed by atoms with Crippen molar-refractivity contribution in [3.63, 3.8) is 0 Å². The molecule has 2 rings (SSSR count). The van der Waals surface area contributed by atoms with E-state index in [1.54, 1.807) is 0 Å². The second kappa shape index (κ2) is 10.1. The van der Waals surface area contributed by atoms with Gasteiger partial charge in [-0.15, -0.1) is 0 Å². The van der Waals surface area contributed by atoms with Crippen molar-refractivity contribution in [2.75, 3.05) is 0 Å². The molecule has 0 aliphatic rings. The van der Waals surface area contributed by atoms with E-state index in [-0.39, 0.29) is 0 Å². The Morgan fingerprint density at radius 1 is 0.737 bits per heavy atom. The minimum absolute atomic E-state index is 1.19. The first-order valence-corrected chi connectivity index (χ1v) is 7.10. The van der Waals surface area contributed by atoms with E-state index in [0.717, 1.165) is 0 Å². The van der Waals surface area contributed by atoms with E-state index in [2.05, 4.69) is 56.0 Å². The molecule has 0 radical (unpaired) electrons. The van der Waals surface area contributed by atoms with Crippen LogP contribution in [0, 0.1) is 6.92 Å². The summed E-state index contributed by atoms with van der Waals surface area (Å²) < 4.78 is 0. The zero-order valence-corrected chi connectivity index (χ0v) is 12.9. The SMILES string of the molecule is C=Cc1ccccc1-c1ccccc1C.CC.CC. The van der Waals surface area contributed by atoms with Crippen LogP contribution in [0.5, 0.6) is 0 Å². The predicted molar refractivity (Wildman–Crippen MR) is 89.4 cm³/mol. The van der Waals surface area contributed by atoms with E-state index in [1.165, 1.54) is 22.3 Å². The fraction of sp³-hybridized carbons (Fsp3) is 0.263. The average molecular weight is 254 g/mol. The van der Waals surface area contributed by atoms with E-state index >= 15 is 0 Å². The van der Waals surface area contributed by atoms with Crippen molar-refractivity contribution >= 4 is 6.08 Å². The molecule has 2 aromatic rings. The molecule has 19 heavy (non-hydrogen) atoms. The highest BCUT2D eigenvalue weighted by molar-refractivity contribution is 5.76. The molecule has 0 unspecified atom stereocenters. The number of aryl methyl sites for hydroxylation is 1. The van der Waals surface area contributed by atoms with Gasteiger partial charge in [-0.05, 0) is 29.2 Å². The lowest BCUT2D eigenvalue weighted by Crippen LogP contribution is -1.85. The van der Waals surface area contributed by atoms with Gasteiger partial charge in [0, 0.05) is 0 Å². The van der Waals surface area contributed by atoms with Gasteiger partial charge in [0.2, 0.25) is 0 Å². The molecule has 0 fully saturated rings. The Bertz CT molecular complexity index is 481. The molecule has 0 bridgehead atoms. The Morgan fingerprint density at radius 2 is 1.21 bits per heavy atom. The van der Waals surface area contributed by atoms with E-state index in [0.29, 0.717) is 0 Å². The second-order valence-corrected chi connectivity index (χ2v) is 3.61. The molecule has 0 aliphatic heterocycles. The largest absolute Gasteiger partial charge is 0.0984 e. The van der Waals surface area contributed by atoms with Gasteiger partial charge in [0.05, 0.1) is 0 Å². The first-order valence-electron chi connectivity index (χ1n) is 7.10. The monoisotopic (exact) mass is 254 g/mol. The zero-order chi connectivity index (χ0) is 14.7. The fourth-order valence-corrected chi connectivity index (χ4v) is 1.80. The molecule has 0 spiro atoms. The van der Waals surface area contributed by atoms with Gasteiger partial charge >= 0.3 is 0 Å². The summed E-state index contributed by atoms with van der Waals surface area (Å²) in [4.78, 5) is 0. The molecule has 0 nitrogen and oxygen atoms in total. The maximum atomic E-state index is 3.85. The predicted octanol–water partition coefficient (Wildman–Crippen LogP) is 6.36. The first-order chi connectivity index (χ1) is 9.33. The third kappa shape index (κ3) is 4.75. The van der Waals surface area contributed by atoms with Crippen LogP contribution in [0.15, 0.2) is 55.1 Å². The van der Waals surface area contributed by atoms with Gasteiger partial charge in [0.25, 0.3) is 0 Å². The summed E-state index contributed by atoms with van der Waals surface area (Å²) in [5.41, 5.74) is 5.03. The number of benzene rings is 2. The summed E-state index contributed by atoms with van der Waals surface area (Å²) in [5.74, 6) is 0. The standard InChI is InChI=1S/C15H14.2C2H6/c1-3-13-9-5-7-11-15(13)14-10-6-4-8-12(14)2;2*1-2/h3-11H,1H2,2H3;2*1-2H3. The van der Waals surface area contributed by atoms with Gasteiger partial charge in [0.1, 0.15) is 0 Å². The number of hydrogen-bond acceptors (Lipinski definition) is 0. The summed E-state index contributed by atoms with van der Waals surface area (Å²) in [6.07, 6.45) is 1.90. The van der Waals surface area contributed by atoms with E-state index < -0.39 is 0 Å². The lowest BCUT2D eigenvalue weighted by molar-refractivity contribution is 1.45. The van der Waals surface area contributed by atoms with Gasteiger partial charge in [-0.2, -0.15) is 0 Å². The van der Waals surface area contributed by atoms with Crippen LogP contribution in [0.25, 0.3) is 17.2 Å². The Hall–Kier alpha value is -1.82. The number of rotatable bonds is 2. The van der Waals surface area contributed by atoms with Gasteiger partial charge in [-0.1, -0.05) is 88.9 Å². The minimum atomic E-state index is 1.19. The third-order valence-electron chi connectivity index (χ3n) is 2.62. The van der Waals surface area contributed by atoms with E-state index in [9.17, 15) is 0 Å². The van der Waals surface area contributed by atoms with Crippen LogP contribution in [-0.2, 0) is 0 Å². The lowest BCUT2D eigenvalue weighted by atomic mass is 9.96. The molecule has 0 atom stereocenters. The van der Waals surface area contributed by atoms with Crippen molar-refractivity contribution in [1.82, 2.24) is 0 Å². The maximum absolute atomic E-state index is 3.85. The Morgan fingerprint density at radius 3 is 1.74 bits per heavy atom. The van der Waals surface area contributed by atoms with Crippen molar-refractivity contribution in [2.45, 2.75) is 34.6 Å². The summed E-state index contributed by atoms with van der Waals surface area (Å²) in [5, 5.41) is 0. The highest BCUT2D eigenvalue weighted by Crippen LogP contribution is 2.26. The molecule has 0 N–H and O–H groups in total. The van der Waals surface area contributed by atoms with E-state index in [1.807, 2.05) is 39.8 Å². The first kappa shape index (κ1) is 17.2. The average Bonchev–Trinajstić information content (AvgIpc) is 2.52. The number of hydrogen-bond donors (Lipinski definition) is 0. The Balaban J connectivity index is 0.000000741. The normalized spacial score (nSPS) is 8.47. The zero-order valence-electron chi connectivity index (χ0n) is 12.9. The lowest BCUT2D eigenvalue weighted by Gasteiger charge is -2.08. The topological polar surface area (TPSA) is 0 Å². The van der Waals surface area contributed by atoms with Crippen LogP contribution in [-0.4, -0.2) is 0 Å². The molecule has 0 saturated heterocycles. The van der Waals surface area contributed by atoms with Crippen molar-refractivity contribution in [1.29, 1.82) is 0 Å².